The predicted octanol–water partition coefficient (Wildman–Crippen LogP) is 2.97. The maximum absolute atomic E-state index is 5.61. The van der Waals surface area contributed by atoms with Crippen molar-refractivity contribution in [3.63, 3.8) is 0 Å². The second-order valence-electron chi connectivity index (χ2n) is 4.71. The van der Waals surface area contributed by atoms with Gasteiger partial charge in [0.2, 0.25) is 0 Å². The molecule has 2 heteroatoms. The molecule has 0 heterocycles. The first-order valence-electron chi connectivity index (χ1n) is 6.59. The average molecular weight is 213 g/mol. The molecule has 0 aromatic carbocycles. The van der Waals surface area contributed by atoms with Crippen molar-refractivity contribution in [2.45, 2.75) is 64.5 Å². The molecule has 1 saturated carbocycles. The standard InChI is InChI=1S/C13H27NO/c1-4-10-14-13(12(5-2)15-3)11-8-6-7-9-11/h11-14H,4-10H2,1-3H3. The Balaban J connectivity index is 2.49. The van der Waals surface area contributed by atoms with E-state index in [1.165, 1.54) is 32.1 Å². The van der Waals surface area contributed by atoms with Crippen LogP contribution in [0, 0.1) is 5.92 Å². The van der Waals surface area contributed by atoms with Crippen LogP contribution in [0.2, 0.25) is 0 Å². The van der Waals surface area contributed by atoms with Crippen LogP contribution in [0.25, 0.3) is 0 Å². The van der Waals surface area contributed by atoms with Crippen molar-refractivity contribution >= 4 is 0 Å². The molecule has 15 heavy (non-hydrogen) atoms. The molecule has 1 aliphatic rings. The van der Waals surface area contributed by atoms with Gasteiger partial charge in [-0.15, -0.1) is 0 Å². The van der Waals surface area contributed by atoms with E-state index in [0.29, 0.717) is 12.1 Å². The first-order valence-corrected chi connectivity index (χ1v) is 6.59. The highest BCUT2D eigenvalue weighted by molar-refractivity contribution is 4.86. The minimum Gasteiger partial charge on any atom is -0.380 e. The third kappa shape index (κ3) is 3.76. The smallest absolute Gasteiger partial charge is 0.0724 e. The maximum Gasteiger partial charge on any atom is 0.0724 e. The number of hydrogen-bond donors (Lipinski definition) is 1. The zero-order valence-corrected chi connectivity index (χ0v) is 10.6. The Hall–Kier alpha value is -0.0800. The third-order valence-electron chi connectivity index (χ3n) is 3.64. The first-order chi connectivity index (χ1) is 7.33. The molecule has 90 valence electrons. The molecule has 2 atom stereocenters. The number of rotatable bonds is 7. The van der Waals surface area contributed by atoms with Crippen LogP contribution in [0.1, 0.15) is 52.4 Å². The molecule has 0 aliphatic heterocycles. The number of ether oxygens (including phenoxy) is 1. The fourth-order valence-electron chi connectivity index (χ4n) is 2.80. The van der Waals surface area contributed by atoms with Crippen molar-refractivity contribution in [2.24, 2.45) is 5.92 Å². The van der Waals surface area contributed by atoms with Crippen LogP contribution < -0.4 is 5.32 Å². The van der Waals surface area contributed by atoms with Crippen LogP contribution in [0.5, 0.6) is 0 Å². The Kier molecular flexibility index (Phi) is 6.26. The van der Waals surface area contributed by atoms with Gasteiger partial charge in [-0.05, 0) is 38.1 Å². The van der Waals surface area contributed by atoms with E-state index in [4.69, 9.17) is 4.74 Å². The van der Waals surface area contributed by atoms with E-state index in [9.17, 15) is 0 Å². The van der Waals surface area contributed by atoms with Crippen LogP contribution in [-0.4, -0.2) is 25.8 Å². The minimum atomic E-state index is 0.402. The third-order valence-corrected chi connectivity index (χ3v) is 3.64. The van der Waals surface area contributed by atoms with E-state index in [1.54, 1.807) is 0 Å². The maximum atomic E-state index is 5.61. The van der Waals surface area contributed by atoms with E-state index in [-0.39, 0.29) is 0 Å². The average Bonchev–Trinajstić information content (AvgIpc) is 2.77. The quantitative estimate of drug-likeness (QED) is 0.702. The molecule has 1 rings (SSSR count). The zero-order chi connectivity index (χ0) is 11.1. The van der Waals surface area contributed by atoms with E-state index in [1.807, 2.05) is 7.11 Å². The molecule has 0 bridgehead atoms. The molecular formula is C13H27NO. The van der Waals surface area contributed by atoms with Gasteiger partial charge in [0.25, 0.3) is 0 Å². The molecule has 1 aliphatic carbocycles. The summed E-state index contributed by atoms with van der Waals surface area (Å²) in [6.45, 7) is 5.58. The molecule has 2 nitrogen and oxygen atoms in total. The van der Waals surface area contributed by atoms with Crippen molar-refractivity contribution in [2.75, 3.05) is 13.7 Å². The lowest BCUT2D eigenvalue weighted by molar-refractivity contribution is 0.0454. The molecule has 1 N–H and O–H groups in total. The lowest BCUT2D eigenvalue weighted by atomic mass is 9.92. The normalized spacial score (nSPS) is 21.8. The van der Waals surface area contributed by atoms with Gasteiger partial charge in [-0.3, -0.25) is 0 Å². The van der Waals surface area contributed by atoms with Gasteiger partial charge in [-0.1, -0.05) is 26.7 Å². The highest BCUT2D eigenvalue weighted by atomic mass is 16.5. The van der Waals surface area contributed by atoms with Gasteiger partial charge in [-0.2, -0.15) is 0 Å². The molecule has 1 fully saturated rings. The summed E-state index contributed by atoms with van der Waals surface area (Å²) < 4.78 is 5.61. The molecular weight excluding hydrogens is 186 g/mol. The Labute approximate surface area is 94.8 Å². The minimum absolute atomic E-state index is 0.402. The molecule has 0 aromatic heterocycles. The zero-order valence-electron chi connectivity index (χ0n) is 10.6. The molecule has 0 aromatic rings. The van der Waals surface area contributed by atoms with Crippen molar-refractivity contribution in [1.82, 2.24) is 5.32 Å². The van der Waals surface area contributed by atoms with Crippen LogP contribution in [0.15, 0.2) is 0 Å². The van der Waals surface area contributed by atoms with Gasteiger partial charge in [0, 0.05) is 13.2 Å². The van der Waals surface area contributed by atoms with E-state index < -0.39 is 0 Å². The fraction of sp³-hybridized carbons (Fsp3) is 1.00. The molecule has 2 unspecified atom stereocenters. The Morgan fingerprint density at radius 3 is 2.40 bits per heavy atom. The highest BCUT2D eigenvalue weighted by Gasteiger charge is 2.29. The molecule has 0 amide bonds. The summed E-state index contributed by atoms with van der Waals surface area (Å²) in [6.07, 6.45) is 8.34. The second kappa shape index (κ2) is 7.24. The number of methoxy groups -OCH3 is 1. The highest BCUT2D eigenvalue weighted by Crippen LogP contribution is 2.30. The van der Waals surface area contributed by atoms with Crippen LogP contribution in [0.4, 0.5) is 0 Å². The summed E-state index contributed by atoms with van der Waals surface area (Å²) in [5.74, 6) is 0.849. The fourth-order valence-corrected chi connectivity index (χ4v) is 2.80. The van der Waals surface area contributed by atoms with E-state index in [2.05, 4.69) is 19.2 Å². The monoisotopic (exact) mass is 213 g/mol. The largest absolute Gasteiger partial charge is 0.380 e. The summed E-state index contributed by atoms with van der Waals surface area (Å²) in [4.78, 5) is 0. The Morgan fingerprint density at radius 1 is 1.27 bits per heavy atom. The van der Waals surface area contributed by atoms with Gasteiger partial charge in [0.15, 0.2) is 0 Å². The summed E-state index contributed by atoms with van der Waals surface area (Å²) in [5.41, 5.74) is 0. The SMILES string of the molecule is CCCNC(C1CCCC1)C(CC)OC. The van der Waals surface area contributed by atoms with Crippen molar-refractivity contribution < 1.29 is 4.74 Å². The van der Waals surface area contributed by atoms with Gasteiger partial charge in [0.1, 0.15) is 0 Å². The van der Waals surface area contributed by atoms with Crippen molar-refractivity contribution in [1.29, 1.82) is 0 Å². The lowest BCUT2D eigenvalue weighted by Gasteiger charge is -2.31. The number of nitrogens with one attached hydrogen (secondary N) is 1. The van der Waals surface area contributed by atoms with Crippen molar-refractivity contribution in [3.05, 3.63) is 0 Å². The van der Waals surface area contributed by atoms with Gasteiger partial charge in [0.05, 0.1) is 6.10 Å². The summed E-state index contributed by atoms with van der Waals surface area (Å²) in [6, 6.07) is 0.586. The summed E-state index contributed by atoms with van der Waals surface area (Å²) >= 11 is 0. The summed E-state index contributed by atoms with van der Waals surface area (Å²) in [7, 11) is 1.85. The van der Waals surface area contributed by atoms with E-state index in [0.717, 1.165) is 18.9 Å². The summed E-state index contributed by atoms with van der Waals surface area (Å²) in [5, 5.41) is 3.69. The van der Waals surface area contributed by atoms with Gasteiger partial charge >= 0.3 is 0 Å². The van der Waals surface area contributed by atoms with Crippen LogP contribution >= 0.6 is 0 Å². The topological polar surface area (TPSA) is 21.3 Å². The first kappa shape index (κ1) is 13.0. The van der Waals surface area contributed by atoms with E-state index >= 15 is 0 Å². The molecule has 0 saturated heterocycles. The lowest BCUT2D eigenvalue weighted by Crippen LogP contribution is -2.45. The van der Waals surface area contributed by atoms with Gasteiger partial charge < -0.3 is 10.1 Å². The van der Waals surface area contributed by atoms with Gasteiger partial charge in [-0.25, -0.2) is 0 Å². The van der Waals surface area contributed by atoms with Crippen molar-refractivity contribution in [3.8, 4) is 0 Å². The second-order valence-corrected chi connectivity index (χ2v) is 4.71. The molecule has 0 spiro atoms. The number of hydrogen-bond acceptors (Lipinski definition) is 2. The van der Waals surface area contributed by atoms with Crippen LogP contribution in [-0.2, 0) is 4.74 Å². The molecule has 0 radical (unpaired) electrons. The van der Waals surface area contributed by atoms with Crippen LogP contribution in [0.3, 0.4) is 0 Å². The predicted molar refractivity (Wildman–Crippen MR) is 65.1 cm³/mol. The Bertz CT molecular complexity index is 149. The Morgan fingerprint density at radius 2 is 1.93 bits per heavy atom.